The van der Waals surface area contributed by atoms with Crippen molar-refractivity contribution in [2.45, 2.75) is 32.1 Å². The summed E-state index contributed by atoms with van der Waals surface area (Å²) in [5, 5.41) is 14.3. The summed E-state index contributed by atoms with van der Waals surface area (Å²) in [6.07, 6.45) is 2.78. The number of aromatic amines is 1. The number of H-pyrrole nitrogens is 1. The van der Waals surface area contributed by atoms with Crippen molar-refractivity contribution < 1.29 is 4.79 Å². The highest BCUT2D eigenvalue weighted by Gasteiger charge is 2.25. The molecule has 24 heavy (non-hydrogen) atoms. The van der Waals surface area contributed by atoms with Crippen LogP contribution in [0.1, 0.15) is 35.6 Å². The molecule has 0 bridgehead atoms. The van der Waals surface area contributed by atoms with Crippen LogP contribution in [0.15, 0.2) is 41.1 Å². The second-order valence-corrected chi connectivity index (χ2v) is 7.12. The summed E-state index contributed by atoms with van der Waals surface area (Å²) >= 11 is 1.71. The van der Waals surface area contributed by atoms with Crippen LogP contribution in [0.4, 0.5) is 5.82 Å². The van der Waals surface area contributed by atoms with Crippen molar-refractivity contribution in [3.63, 3.8) is 0 Å². The third-order valence-electron chi connectivity index (χ3n) is 4.37. The van der Waals surface area contributed by atoms with Crippen LogP contribution in [0, 0.1) is 6.92 Å². The number of hydrogen-bond donors (Lipinski definition) is 2. The van der Waals surface area contributed by atoms with E-state index < -0.39 is 0 Å². The molecular weight excluding hydrogens is 318 g/mol. The van der Waals surface area contributed by atoms with Crippen molar-refractivity contribution in [3.8, 4) is 11.1 Å². The highest BCUT2D eigenvalue weighted by molar-refractivity contribution is 7.08. The van der Waals surface area contributed by atoms with Crippen LogP contribution < -0.4 is 5.32 Å². The Balaban J connectivity index is 1.39. The van der Waals surface area contributed by atoms with Crippen molar-refractivity contribution in [3.05, 3.63) is 57.9 Å². The first kappa shape index (κ1) is 15.1. The maximum absolute atomic E-state index is 12.2. The molecule has 1 aromatic carbocycles. The molecule has 0 unspecified atom stereocenters. The lowest BCUT2D eigenvalue weighted by Gasteiger charge is -2.05. The Morgan fingerprint density at radius 1 is 1.29 bits per heavy atom. The number of carbonyl (C=O) groups is 1. The van der Waals surface area contributed by atoms with Crippen molar-refractivity contribution in [2.24, 2.45) is 0 Å². The molecular formula is C19H19N3OS. The lowest BCUT2D eigenvalue weighted by atomic mass is 10.0. The van der Waals surface area contributed by atoms with Gasteiger partial charge in [0.05, 0.1) is 6.42 Å². The summed E-state index contributed by atoms with van der Waals surface area (Å²) in [6, 6.07) is 10.1. The number of benzene rings is 1. The van der Waals surface area contributed by atoms with Crippen LogP contribution in [-0.4, -0.2) is 16.1 Å². The summed E-state index contributed by atoms with van der Waals surface area (Å²) in [6.45, 7) is 2.12. The Bertz CT molecular complexity index is 859. The Morgan fingerprint density at radius 2 is 2.08 bits per heavy atom. The van der Waals surface area contributed by atoms with Gasteiger partial charge in [-0.05, 0) is 52.8 Å². The van der Waals surface area contributed by atoms with E-state index in [0.29, 0.717) is 18.2 Å². The second-order valence-electron chi connectivity index (χ2n) is 6.37. The SMILES string of the molecule is Cc1cscc1-c1ccc(CC(=O)Nc2cc(C3CC3)[nH]n2)cc1. The number of rotatable bonds is 5. The topological polar surface area (TPSA) is 57.8 Å². The summed E-state index contributed by atoms with van der Waals surface area (Å²) in [5.74, 6) is 1.19. The zero-order chi connectivity index (χ0) is 16.5. The molecule has 1 aliphatic rings. The quantitative estimate of drug-likeness (QED) is 0.720. The number of amides is 1. The molecule has 4 nitrogen and oxygen atoms in total. The van der Waals surface area contributed by atoms with Gasteiger partial charge < -0.3 is 5.32 Å². The zero-order valence-electron chi connectivity index (χ0n) is 13.5. The molecule has 2 heterocycles. The maximum atomic E-state index is 12.2. The van der Waals surface area contributed by atoms with E-state index >= 15 is 0 Å². The fraction of sp³-hybridized carbons (Fsp3) is 0.263. The van der Waals surface area contributed by atoms with Gasteiger partial charge in [-0.15, -0.1) is 0 Å². The van der Waals surface area contributed by atoms with Crippen molar-refractivity contribution >= 4 is 23.1 Å². The fourth-order valence-corrected chi connectivity index (χ4v) is 3.69. The fourth-order valence-electron chi connectivity index (χ4n) is 2.83. The Labute approximate surface area is 144 Å². The molecule has 0 spiro atoms. The highest BCUT2D eigenvalue weighted by Crippen LogP contribution is 2.39. The number of aryl methyl sites for hydroxylation is 1. The molecule has 122 valence electrons. The molecule has 1 fully saturated rings. The molecule has 1 saturated carbocycles. The van der Waals surface area contributed by atoms with Gasteiger partial charge in [-0.25, -0.2) is 0 Å². The molecule has 5 heteroatoms. The van der Waals surface area contributed by atoms with E-state index in [-0.39, 0.29) is 5.91 Å². The Morgan fingerprint density at radius 3 is 2.75 bits per heavy atom. The minimum atomic E-state index is -0.0386. The summed E-state index contributed by atoms with van der Waals surface area (Å²) in [5.41, 5.74) is 5.87. The normalized spacial score (nSPS) is 13.9. The summed E-state index contributed by atoms with van der Waals surface area (Å²) < 4.78 is 0. The van der Waals surface area contributed by atoms with Gasteiger partial charge in [0.1, 0.15) is 0 Å². The number of aromatic nitrogens is 2. The molecule has 0 aliphatic heterocycles. The van der Waals surface area contributed by atoms with Crippen LogP contribution in [0.5, 0.6) is 0 Å². The molecule has 0 atom stereocenters. The molecule has 4 rings (SSSR count). The first-order valence-corrected chi connectivity index (χ1v) is 9.10. The van der Waals surface area contributed by atoms with E-state index in [1.807, 2.05) is 18.2 Å². The average Bonchev–Trinajstić information content (AvgIpc) is 3.18. The van der Waals surface area contributed by atoms with Crippen LogP contribution in [-0.2, 0) is 11.2 Å². The van der Waals surface area contributed by atoms with Gasteiger partial charge in [-0.2, -0.15) is 16.4 Å². The summed E-state index contributed by atoms with van der Waals surface area (Å²) in [4.78, 5) is 12.2. The molecule has 2 aromatic heterocycles. The van der Waals surface area contributed by atoms with E-state index in [1.54, 1.807) is 11.3 Å². The number of thiophene rings is 1. The minimum Gasteiger partial charge on any atom is -0.309 e. The van der Waals surface area contributed by atoms with Crippen molar-refractivity contribution in [1.82, 2.24) is 10.2 Å². The van der Waals surface area contributed by atoms with Crippen LogP contribution in [0.25, 0.3) is 11.1 Å². The van der Waals surface area contributed by atoms with Gasteiger partial charge in [-0.3, -0.25) is 9.89 Å². The third-order valence-corrected chi connectivity index (χ3v) is 5.23. The summed E-state index contributed by atoms with van der Waals surface area (Å²) in [7, 11) is 0. The molecule has 0 radical (unpaired) electrons. The predicted octanol–water partition coefficient (Wildman–Crippen LogP) is 4.51. The lowest BCUT2D eigenvalue weighted by molar-refractivity contribution is -0.115. The Kier molecular flexibility index (Phi) is 3.94. The Hall–Kier alpha value is -2.40. The predicted molar refractivity (Wildman–Crippen MR) is 97.4 cm³/mol. The van der Waals surface area contributed by atoms with E-state index in [4.69, 9.17) is 0 Å². The zero-order valence-corrected chi connectivity index (χ0v) is 14.3. The van der Waals surface area contributed by atoms with E-state index in [0.717, 1.165) is 11.3 Å². The van der Waals surface area contributed by atoms with Crippen molar-refractivity contribution in [2.75, 3.05) is 5.32 Å². The second kappa shape index (κ2) is 6.24. The van der Waals surface area contributed by atoms with Gasteiger partial charge >= 0.3 is 0 Å². The van der Waals surface area contributed by atoms with E-state index in [2.05, 4.69) is 45.3 Å². The average molecular weight is 337 g/mol. The van der Waals surface area contributed by atoms with Crippen LogP contribution in [0.3, 0.4) is 0 Å². The highest BCUT2D eigenvalue weighted by atomic mass is 32.1. The standard InChI is InChI=1S/C19H19N3OS/c1-12-10-24-11-16(12)14-4-2-13(3-5-14)8-19(23)20-18-9-17(21-22-18)15-6-7-15/h2-5,9-11,15H,6-8H2,1H3,(H2,20,21,22,23). The minimum absolute atomic E-state index is 0.0386. The number of nitrogens with one attached hydrogen (secondary N) is 2. The third kappa shape index (κ3) is 3.26. The first-order valence-electron chi connectivity index (χ1n) is 8.16. The maximum Gasteiger partial charge on any atom is 0.229 e. The molecule has 3 aromatic rings. The number of anilines is 1. The van der Waals surface area contributed by atoms with E-state index in [1.165, 1.54) is 29.5 Å². The van der Waals surface area contributed by atoms with Crippen LogP contribution in [0.2, 0.25) is 0 Å². The first-order chi connectivity index (χ1) is 11.7. The van der Waals surface area contributed by atoms with E-state index in [9.17, 15) is 4.79 Å². The number of nitrogens with zero attached hydrogens (tertiary/aromatic N) is 1. The number of carbonyl (C=O) groups excluding carboxylic acids is 1. The smallest absolute Gasteiger partial charge is 0.229 e. The van der Waals surface area contributed by atoms with Gasteiger partial charge in [0, 0.05) is 17.7 Å². The molecule has 2 N–H and O–H groups in total. The molecule has 1 aliphatic carbocycles. The van der Waals surface area contributed by atoms with Gasteiger partial charge in [0.15, 0.2) is 5.82 Å². The molecule has 0 saturated heterocycles. The number of hydrogen-bond acceptors (Lipinski definition) is 3. The van der Waals surface area contributed by atoms with Gasteiger partial charge in [0.25, 0.3) is 0 Å². The van der Waals surface area contributed by atoms with Gasteiger partial charge in [-0.1, -0.05) is 24.3 Å². The van der Waals surface area contributed by atoms with Crippen molar-refractivity contribution in [1.29, 1.82) is 0 Å². The van der Waals surface area contributed by atoms with Gasteiger partial charge in [0.2, 0.25) is 5.91 Å². The molecule has 1 amide bonds. The largest absolute Gasteiger partial charge is 0.309 e. The lowest BCUT2D eigenvalue weighted by Crippen LogP contribution is -2.14. The van der Waals surface area contributed by atoms with Crippen LogP contribution >= 0.6 is 11.3 Å². The monoisotopic (exact) mass is 337 g/mol.